The molecule has 0 aliphatic carbocycles. The summed E-state index contributed by atoms with van der Waals surface area (Å²) >= 11 is 0. The number of phosphoric ester groups is 2. The zero-order valence-electron chi connectivity index (χ0n) is 59.5. The average molecular weight is 1340 g/mol. The Balaban J connectivity index is 5.21. The fourth-order valence-corrected chi connectivity index (χ4v) is 12.4. The van der Waals surface area contributed by atoms with Gasteiger partial charge in [-0.25, -0.2) is 9.13 Å². The summed E-state index contributed by atoms with van der Waals surface area (Å²) in [6.07, 6.45) is 44.6. The monoisotopic (exact) mass is 1340 g/mol. The van der Waals surface area contributed by atoms with Gasteiger partial charge in [-0.3, -0.25) is 37.3 Å². The lowest BCUT2D eigenvalue weighted by Crippen LogP contribution is -2.30. The number of esters is 4. The lowest BCUT2D eigenvalue weighted by molar-refractivity contribution is -0.161. The zero-order valence-corrected chi connectivity index (χ0v) is 61.3. The number of hydrogen-bond donors (Lipinski definition) is 3. The van der Waals surface area contributed by atoms with Gasteiger partial charge >= 0.3 is 39.5 Å². The molecule has 0 rings (SSSR count). The van der Waals surface area contributed by atoms with Gasteiger partial charge in [0.1, 0.15) is 19.3 Å². The molecular weight excluding hydrogens is 1200 g/mol. The van der Waals surface area contributed by atoms with Crippen molar-refractivity contribution in [2.24, 2.45) is 23.7 Å². The quantitative estimate of drug-likeness (QED) is 0.0222. The number of unbranched alkanes of at least 4 members (excludes halogenated alkanes) is 35. The van der Waals surface area contributed by atoms with Crippen molar-refractivity contribution < 1.29 is 80.2 Å². The second-order valence-electron chi connectivity index (χ2n) is 27.9. The molecular formula is C72H140O17P2. The van der Waals surface area contributed by atoms with Crippen LogP contribution in [0, 0.1) is 23.7 Å². The van der Waals surface area contributed by atoms with Crippen LogP contribution in [0.4, 0.5) is 0 Å². The van der Waals surface area contributed by atoms with Crippen LogP contribution in [-0.2, 0) is 65.4 Å². The van der Waals surface area contributed by atoms with Gasteiger partial charge in [-0.05, 0) is 49.4 Å². The fraction of sp³-hybridized carbons (Fsp3) is 0.944. The predicted octanol–water partition coefficient (Wildman–Crippen LogP) is 20.5. The third-order valence-corrected chi connectivity index (χ3v) is 18.5. The van der Waals surface area contributed by atoms with Crippen LogP contribution in [-0.4, -0.2) is 96.7 Å². The van der Waals surface area contributed by atoms with Gasteiger partial charge in [0.25, 0.3) is 0 Å². The molecule has 5 atom stereocenters. The van der Waals surface area contributed by atoms with E-state index in [0.717, 1.165) is 114 Å². The molecule has 0 saturated carbocycles. The topological polar surface area (TPSA) is 237 Å². The lowest BCUT2D eigenvalue weighted by atomic mass is 10.0. The summed E-state index contributed by atoms with van der Waals surface area (Å²) < 4.78 is 68.3. The predicted molar refractivity (Wildman–Crippen MR) is 367 cm³/mol. The van der Waals surface area contributed by atoms with E-state index in [-0.39, 0.29) is 25.7 Å². The molecule has 0 spiro atoms. The first-order chi connectivity index (χ1) is 43.6. The lowest BCUT2D eigenvalue weighted by Gasteiger charge is -2.21. The molecule has 3 N–H and O–H groups in total. The number of carbonyl (C=O) groups is 4. The van der Waals surface area contributed by atoms with E-state index in [0.29, 0.717) is 31.6 Å². The molecule has 19 heteroatoms. The highest BCUT2D eigenvalue weighted by Crippen LogP contribution is 2.45. The number of hydrogen-bond acceptors (Lipinski definition) is 15. The molecule has 0 amide bonds. The maximum Gasteiger partial charge on any atom is 0.472 e. The largest absolute Gasteiger partial charge is 0.472 e. The Morgan fingerprint density at radius 3 is 0.681 bits per heavy atom. The number of aliphatic hydroxyl groups excluding tert-OH is 1. The molecule has 17 nitrogen and oxygen atoms in total. The van der Waals surface area contributed by atoms with Crippen molar-refractivity contribution in [2.75, 3.05) is 39.6 Å². The third kappa shape index (κ3) is 66.5. The molecule has 0 aliphatic rings. The molecule has 0 radical (unpaired) electrons. The maximum absolute atomic E-state index is 13.0. The number of carbonyl (C=O) groups excluding carboxylic acids is 4. The Kier molecular flexibility index (Phi) is 60.3. The van der Waals surface area contributed by atoms with E-state index in [2.05, 4.69) is 55.4 Å². The molecule has 0 saturated heterocycles. The highest BCUT2D eigenvalue weighted by atomic mass is 31.2. The Labute approximate surface area is 556 Å². The van der Waals surface area contributed by atoms with Crippen LogP contribution in [0.15, 0.2) is 0 Å². The SMILES string of the molecule is CC(C)CCCCCCCCCCCCCCCCCC(=O)O[C@H](COC(=O)CCCCCCCCC(C)C)COP(=O)(O)OCC(O)COP(=O)(O)OC[C@@H](COC(=O)CCCCCCCCCCCC(C)C)OC(=O)CCCCCCCCCCCC(C)C. The van der Waals surface area contributed by atoms with Crippen LogP contribution in [0.5, 0.6) is 0 Å². The molecule has 0 aliphatic heterocycles. The minimum atomic E-state index is -4.95. The van der Waals surface area contributed by atoms with Gasteiger partial charge in [-0.15, -0.1) is 0 Å². The number of ether oxygens (including phenoxy) is 4. The third-order valence-electron chi connectivity index (χ3n) is 16.6. The molecule has 540 valence electrons. The van der Waals surface area contributed by atoms with Crippen molar-refractivity contribution >= 4 is 39.5 Å². The van der Waals surface area contributed by atoms with E-state index < -0.39 is 97.5 Å². The van der Waals surface area contributed by atoms with Gasteiger partial charge < -0.3 is 33.8 Å². The summed E-state index contributed by atoms with van der Waals surface area (Å²) in [5, 5.41) is 10.6. The van der Waals surface area contributed by atoms with E-state index in [1.165, 1.54) is 154 Å². The molecule has 0 heterocycles. The van der Waals surface area contributed by atoms with Crippen molar-refractivity contribution in [2.45, 2.75) is 375 Å². The average Bonchev–Trinajstić information content (AvgIpc) is 2.95. The van der Waals surface area contributed by atoms with Crippen molar-refractivity contribution in [1.29, 1.82) is 0 Å². The summed E-state index contributed by atoms with van der Waals surface area (Å²) in [6, 6.07) is 0. The summed E-state index contributed by atoms with van der Waals surface area (Å²) in [4.78, 5) is 72.6. The van der Waals surface area contributed by atoms with Gasteiger partial charge in [0.15, 0.2) is 12.2 Å². The highest BCUT2D eigenvalue weighted by Gasteiger charge is 2.30. The van der Waals surface area contributed by atoms with Crippen molar-refractivity contribution in [3.05, 3.63) is 0 Å². The molecule has 0 aromatic heterocycles. The molecule has 0 bridgehead atoms. The first kappa shape index (κ1) is 89.1. The van der Waals surface area contributed by atoms with Crippen LogP contribution in [0.1, 0.15) is 357 Å². The maximum atomic E-state index is 13.0. The van der Waals surface area contributed by atoms with Crippen LogP contribution in [0.25, 0.3) is 0 Å². The summed E-state index contributed by atoms with van der Waals surface area (Å²) in [5.74, 6) is 0.833. The summed E-state index contributed by atoms with van der Waals surface area (Å²) in [6.45, 7) is 14.1. The standard InChI is InChI=1S/C72H140O17P2/c1-62(2)48-40-32-24-18-14-12-10-9-11-13-15-21-28-38-46-54-71(76)89-68(59-83-70(75)53-45-37-31-30-35-43-51-65(7)8)61-87-91(80,81)85-57-66(73)56-84-90(78,79)86-60-67(88-72(77)55-47-39-29-23-17-20-26-34-42-50-64(5)6)58-82-69(74)52-44-36-27-22-16-19-25-33-41-49-63(3)4/h62-68,73H,9-61H2,1-8H3,(H,78,79)(H,80,81)/t66?,67-,68-/m1/s1. The molecule has 0 aromatic rings. The zero-order chi connectivity index (χ0) is 67.5. The Bertz CT molecular complexity index is 1800. The fourth-order valence-electron chi connectivity index (χ4n) is 10.8. The van der Waals surface area contributed by atoms with Crippen molar-refractivity contribution in [1.82, 2.24) is 0 Å². The van der Waals surface area contributed by atoms with E-state index in [9.17, 15) is 43.2 Å². The van der Waals surface area contributed by atoms with Gasteiger partial charge in [0.2, 0.25) is 0 Å². The van der Waals surface area contributed by atoms with E-state index in [1.54, 1.807) is 0 Å². The van der Waals surface area contributed by atoms with Crippen LogP contribution >= 0.6 is 15.6 Å². The van der Waals surface area contributed by atoms with E-state index in [4.69, 9.17) is 37.0 Å². The van der Waals surface area contributed by atoms with E-state index in [1.807, 2.05) is 0 Å². The van der Waals surface area contributed by atoms with Crippen molar-refractivity contribution in [3.8, 4) is 0 Å². The van der Waals surface area contributed by atoms with E-state index >= 15 is 0 Å². The second-order valence-corrected chi connectivity index (χ2v) is 30.8. The summed E-state index contributed by atoms with van der Waals surface area (Å²) in [7, 11) is -9.90. The molecule has 0 fully saturated rings. The Morgan fingerprint density at radius 2 is 0.462 bits per heavy atom. The highest BCUT2D eigenvalue weighted by molar-refractivity contribution is 7.47. The van der Waals surface area contributed by atoms with Crippen LogP contribution in [0.3, 0.4) is 0 Å². The van der Waals surface area contributed by atoms with Crippen molar-refractivity contribution in [3.63, 3.8) is 0 Å². The normalized spacial score (nSPS) is 14.2. The summed E-state index contributed by atoms with van der Waals surface area (Å²) in [5.41, 5.74) is 0. The molecule has 91 heavy (non-hydrogen) atoms. The Hall–Kier alpha value is -1.94. The van der Waals surface area contributed by atoms with Gasteiger partial charge in [-0.2, -0.15) is 0 Å². The Morgan fingerprint density at radius 1 is 0.275 bits per heavy atom. The smallest absolute Gasteiger partial charge is 0.462 e. The first-order valence-corrected chi connectivity index (χ1v) is 40.2. The number of rotatable bonds is 69. The minimum absolute atomic E-state index is 0.104. The number of phosphoric acid groups is 2. The van der Waals surface area contributed by atoms with Gasteiger partial charge in [0.05, 0.1) is 26.4 Å². The first-order valence-electron chi connectivity index (χ1n) is 37.2. The van der Waals surface area contributed by atoms with Gasteiger partial charge in [0, 0.05) is 25.7 Å². The minimum Gasteiger partial charge on any atom is -0.462 e. The molecule has 3 unspecified atom stereocenters. The van der Waals surface area contributed by atoms with Gasteiger partial charge in [-0.1, -0.05) is 306 Å². The van der Waals surface area contributed by atoms with Crippen LogP contribution in [0.2, 0.25) is 0 Å². The van der Waals surface area contributed by atoms with Crippen LogP contribution < -0.4 is 0 Å². The number of aliphatic hydroxyl groups is 1. The second kappa shape index (κ2) is 61.6. The molecule has 0 aromatic carbocycles.